The fraction of sp³-hybridized carbons (Fsp3) is 0.517. The van der Waals surface area contributed by atoms with Crippen molar-refractivity contribution in [3.63, 3.8) is 0 Å². The maximum absolute atomic E-state index is 15.8. The number of hydrogen-bond donors (Lipinski definition) is 0. The molecule has 2 aliphatic rings. The van der Waals surface area contributed by atoms with E-state index in [-0.39, 0.29) is 35.4 Å². The maximum atomic E-state index is 15.8. The van der Waals surface area contributed by atoms with Crippen molar-refractivity contribution in [2.75, 3.05) is 39.5 Å². The van der Waals surface area contributed by atoms with Gasteiger partial charge in [-0.25, -0.2) is 8.78 Å². The molecule has 0 unspecified atom stereocenters. The largest absolute Gasteiger partial charge is 0.492 e. The van der Waals surface area contributed by atoms with Crippen LogP contribution < -0.4 is 4.74 Å². The first-order chi connectivity index (χ1) is 17.1. The summed E-state index contributed by atoms with van der Waals surface area (Å²) >= 11 is 0. The number of likely N-dealkylation sites (tertiary alicyclic amines) is 1. The summed E-state index contributed by atoms with van der Waals surface area (Å²) in [5.74, 6) is -0.197. The normalized spacial score (nSPS) is 21.5. The van der Waals surface area contributed by atoms with E-state index in [9.17, 15) is 4.39 Å². The number of para-hydroxylation sites is 1. The number of alkyl halides is 1. The molecule has 194 valence electrons. The Morgan fingerprint density at radius 2 is 1.75 bits per heavy atom. The number of benzene rings is 2. The van der Waals surface area contributed by atoms with E-state index < -0.39 is 17.7 Å². The van der Waals surface area contributed by atoms with E-state index in [4.69, 9.17) is 9.15 Å². The summed E-state index contributed by atoms with van der Waals surface area (Å²) in [5.41, 5.74) is 1.54. The molecular formula is C29H35F3N2O2. The molecule has 1 saturated heterocycles. The second-order valence-corrected chi connectivity index (χ2v) is 11.6. The van der Waals surface area contributed by atoms with Gasteiger partial charge in [0.2, 0.25) is 0 Å². The Bertz CT molecular complexity index is 1210. The molecule has 2 atom stereocenters. The summed E-state index contributed by atoms with van der Waals surface area (Å²) in [6.07, 6.45) is 0.681. The Kier molecular flexibility index (Phi) is 6.81. The lowest BCUT2D eigenvalue weighted by atomic mass is 9.84. The number of hydrogen-bond acceptors (Lipinski definition) is 4. The highest BCUT2D eigenvalue weighted by Crippen LogP contribution is 2.46. The van der Waals surface area contributed by atoms with Gasteiger partial charge < -0.3 is 9.15 Å². The first-order valence-corrected chi connectivity index (χ1v) is 12.8. The van der Waals surface area contributed by atoms with Crippen LogP contribution >= 0.6 is 0 Å². The Hall–Kier alpha value is -2.51. The fourth-order valence-corrected chi connectivity index (χ4v) is 5.63. The monoisotopic (exact) mass is 500 g/mol. The zero-order valence-corrected chi connectivity index (χ0v) is 21.5. The van der Waals surface area contributed by atoms with Gasteiger partial charge in [-0.1, -0.05) is 39.0 Å². The minimum Gasteiger partial charge on any atom is -0.492 e. The van der Waals surface area contributed by atoms with Crippen molar-refractivity contribution in [1.82, 2.24) is 9.80 Å². The molecule has 1 aromatic heterocycles. The van der Waals surface area contributed by atoms with Crippen LogP contribution in [0.5, 0.6) is 5.75 Å². The summed E-state index contributed by atoms with van der Waals surface area (Å²) in [7, 11) is 0. The van der Waals surface area contributed by atoms with Crippen LogP contribution in [0.25, 0.3) is 11.0 Å². The number of ether oxygens (including phenoxy) is 1. The van der Waals surface area contributed by atoms with Crippen molar-refractivity contribution in [3.8, 4) is 5.75 Å². The molecule has 36 heavy (non-hydrogen) atoms. The summed E-state index contributed by atoms with van der Waals surface area (Å²) < 4.78 is 56.0. The number of nitrogens with zero attached hydrogens (tertiary/aromatic N) is 2. The summed E-state index contributed by atoms with van der Waals surface area (Å²) in [6, 6.07) is 9.71. The Morgan fingerprint density at radius 1 is 1.06 bits per heavy atom. The Balaban J connectivity index is 1.48. The van der Waals surface area contributed by atoms with Crippen LogP contribution in [-0.4, -0.2) is 55.3 Å². The maximum Gasteiger partial charge on any atom is 0.134 e. The molecule has 0 amide bonds. The van der Waals surface area contributed by atoms with Crippen LogP contribution in [0.4, 0.5) is 13.2 Å². The van der Waals surface area contributed by atoms with Gasteiger partial charge in [0.05, 0.1) is 12.7 Å². The van der Waals surface area contributed by atoms with E-state index in [1.54, 1.807) is 0 Å². The van der Waals surface area contributed by atoms with E-state index in [2.05, 4.69) is 37.5 Å². The molecule has 2 aliphatic heterocycles. The van der Waals surface area contributed by atoms with E-state index in [1.165, 1.54) is 12.1 Å². The van der Waals surface area contributed by atoms with Crippen LogP contribution in [0.1, 0.15) is 50.6 Å². The van der Waals surface area contributed by atoms with Gasteiger partial charge >= 0.3 is 0 Å². The van der Waals surface area contributed by atoms with Gasteiger partial charge in [0.1, 0.15) is 35.3 Å². The summed E-state index contributed by atoms with van der Waals surface area (Å²) in [6.45, 7) is 11.2. The molecule has 2 aromatic carbocycles. The zero-order valence-electron chi connectivity index (χ0n) is 21.5. The lowest BCUT2D eigenvalue weighted by molar-refractivity contribution is 0.0667. The molecule has 0 spiro atoms. The second kappa shape index (κ2) is 9.75. The third kappa shape index (κ3) is 4.88. The molecule has 0 radical (unpaired) electrons. The lowest BCUT2D eigenvalue weighted by Crippen LogP contribution is -2.49. The lowest BCUT2D eigenvalue weighted by Gasteiger charge is -2.43. The SMILES string of the molecule is C[C@@H]1Cc2oc3ccccc3c2[C@@H](c2c(F)cc(OCCN3CC(CF)C3)cc2F)N1CC(C)(C)C. The highest BCUT2D eigenvalue weighted by Gasteiger charge is 2.41. The van der Waals surface area contributed by atoms with Crippen LogP contribution in [0.2, 0.25) is 0 Å². The van der Waals surface area contributed by atoms with Crippen molar-refractivity contribution in [1.29, 1.82) is 0 Å². The molecule has 4 nitrogen and oxygen atoms in total. The third-order valence-electron chi connectivity index (χ3n) is 7.27. The average Bonchev–Trinajstić information content (AvgIpc) is 3.13. The molecule has 0 N–H and O–H groups in total. The predicted molar refractivity (Wildman–Crippen MR) is 135 cm³/mol. The van der Waals surface area contributed by atoms with Crippen molar-refractivity contribution in [2.45, 2.75) is 46.2 Å². The number of fused-ring (bicyclic) bond motifs is 3. The summed E-state index contributed by atoms with van der Waals surface area (Å²) in [4.78, 5) is 4.28. The van der Waals surface area contributed by atoms with Crippen molar-refractivity contribution >= 4 is 11.0 Å². The number of rotatable bonds is 7. The molecule has 0 bridgehead atoms. The van der Waals surface area contributed by atoms with Crippen LogP contribution in [0, 0.1) is 23.0 Å². The third-order valence-corrected chi connectivity index (χ3v) is 7.27. The molecule has 3 aromatic rings. The van der Waals surface area contributed by atoms with Gasteiger partial charge in [-0.05, 0) is 18.4 Å². The number of halogens is 3. The minimum absolute atomic E-state index is 0.0273. The summed E-state index contributed by atoms with van der Waals surface area (Å²) in [5, 5.41) is 0.892. The average molecular weight is 501 g/mol. The molecule has 1 fully saturated rings. The quantitative estimate of drug-likeness (QED) is 0.377. The standard InChI is InChI=1S/C29H35F3N2O2/c1-18-11-25-26(21-7-5-6-8-24(21)36-25)28(34(18)17-29(2,3)4)27-22(31)12-20(13-23(27)32)35-10-9-33-15-19(14-30)16-33/h5-8,12-13,18-19,28H,9-11,14-17H2,1-4H3/t18-,28+/m1/s1. The van der Waals surface area contributed by atoms with Gasteiger partial charge in [0.15, 0.2) is 0 Å². The van der Waals surface area contributed by atoms with E-state index >= 15 is 8.78 Å². The van der Waals surface area contributed by atoms with E-state index in [0.29, 0.717) is 39.2 Å². The smallest absolute Gasteiger partial charge is 0.134 e. The van der Waals surface area contributed by atoms with Crippen LogP contribution in [0.3, 0.4) is 0 Å². The van der Waals surface area contributed by atoms with Crippen LogP contribution in [-0.2, 0) is 6.42 Å². The van der Waals surface area contributed by atoms with Gasteiger partial charge in [-0.3, -0.25) is 14.2 Å². The second-order valence-electron chi connectivity index (χ2n) is 11.6. The van der Waals surface area contributed by atoms with Gasteiger partial charge in [-0.2, -0.15) is 0 Å². The van der Waals surface area contributed by atoms with Gasteiger partial charge in [-0.15, -0.1) is 0 Å². The molecule has 5 rings (SSSR count). The first-order valence-electron chi connectivity index (χ1n) is 12.8. The Labute approximate surface area is 211 Å². The molecular weight excluding hydrogens is 465 g/mol. The van der Waals surface area contributed by atoms with Gasteiger partial charge in [0.25, 0.3) is 0 Å². The topological polar surface area (TPSA) is 28.9 Å². The molecule has 0 aliphatic carbocycles. The van der Waals surface area contributed by atoms with E-state index in [0.717, 1.165) is 22.3 Å². The molecule has 0 saturated carbocycles. The first kappa shape index (κ1) is 25.2. The van der Waals surface area contributed by atoms with Crippen molar-refractivity contribution in [2.24, 2.45) is 11.3 Å². The number of furan rings is 1. The highest BCUT2D eigenvalue weighted by molar-refractivity contribution is 5.83. The van der Waals surface area contributed by atoms with Gasteiger partial charge in [0, 0.05) is 73.2 Å². The molecule has 7 heteroatoms. The van der Waals surface area contributed by atoms with Crippen LogP contribution in [0.15, 0.2) is 40.8 Å². The van der Waals surface area contributed by atoms with Crippen molar-refractivity contribution in [3.05, 3.63) is 64.9 Å². The predicted octanol–water partition coefficient (Wildman–Crippen LogP) is 6.37. The Morgan fingerprint density at radius 3 is 2.42 bits per heavy atom. The molecule has 3 heterocycles. The van der Waals surface area contributed by atoms with E-state index in [1.807, 2.05) is 24.3 Å². The minimum atomic E-state index is -0.624. The fourth-order valence-electron chi connectivity index (χ4n) is 5.63. The van der Waals surface area contributed by atoms with Crippen molar-refractivity contribution < 1.29 is 22.3 Å². The highest BCUT2D eigenvalue weighted by atomic mass is 19.1. The zero-order chi connectivity index (χ0) is 25.6.